The Hall–Kier alpha value is -0.546. The molecule has 2 fully saturated rings. The Morgan fingerprint density at radius 2 is 1.27 bits per heavy atom. The first-order chi connectivity index (χ1) is 27.2. The molecule has 2 aliphatic rings. The maximum atomic E-state index is 12.0. The van der Waals surface area contributed by atoms with Gasteiger partial charge in [0.1, 0.15) is 6.10 Å². The molecule has 1 saturated carbocycles. The Labute approximate surface area is 367 Å². The van der Waals surface area contributed by atoms with Crippen LogP contribution in [0.25, 0.3) is 0 Å². The van der Waals surface area contributed by atoms with E-state index in [1.54, 1.807) is 7.11 Å². The van der Waals surface area contributed by atoms with Crippen LogP contribution in [0.4, 0.5) is 0 Å². The summed E-state index contributed by atoms with van der Waals surface area (Å²) in [4.78, 5) is 0. The molecule has 1 heterocycles. The highest BCUT2D eigenvalue weighted by Gasteiger charge is 2.51. The lowest BCUT2D eigenvalue weighted by Gasteiger charge is -2.48. The molecule has 0 spiro atoms. The van der Waals surface area contributed by atoms with Crippen molar-refractivity contribution in [2.24, 2.45) is 29.6 Å². The predicted octanol–water partition coefficient (Wildman–Crippen LogP) is 13.1. The maximum Gasteiger partial charge on any atom is 0.201 e. The molecule has 1 N–H and O–H groups in total. The Balaban J connectivity index is 2.39. The molecule has 7 nitrogen and oxygen atoms in total. The van der Waals surface area contributed by atoms with E-state index in [0.29, 0.717) is 51.5 Å². The summed E-state index contributed by atoms with van der Waals surface area (Å²) in [7, 11) is -0.805. The third-order valence-electron chi connectivity index (χ3n) is 15.0. The first-order valence-electron chi connectivity index (χ1n) is 23.8. The molecule has 9 heteroatoms. The number of aliphatic hydroxyl groups excluding tert-OH is 1. The van der Waals surface area contributed by atoms with Crippen molar-refractivity contribution in [3.05, 3.63) is 11.6 Å². The molecule has 0 unspecified atom stereocenters. The first-order valence-corrected chi connectivity index (χ1v) is 28.1. The van der Waals surface area contributed by atoms with Gasteiger partial charge in [0, 0.05) is 32.5 Å². The molecule has 12 atom stereocenters. The minimum absolute atomic E-state index is 0.0394. The highest BCUT2D eigenvalue weighted by molar-refractivity contribution is 6.78. The summed E-state index contributed by atoms with van der Waals surface area (Å²) in [5.74, 6) is 3.14. The van der Waals surface area contributed by atoms with Gasteiger partial charge in [-0.1, -0.05) is 117 Å². The van der Waals surface area contributed by atoms with Crippen LogP contribution >= 0.6 is 0 Å². The van der Waals surface area contributed by atoms with Crippen molar-refractivity contribution in [3.8, 4) is 12.3 Å². The van der Waals surface area contributed by atoms with Crippen LogP contribution in [-0.2, 0) is 27.8 Å². The summed E-state index contributed by atoms with van der Waals surface area (Å²) in [6, 6.07) is 0. The number of terminal acetylenes is 1. The highest BCUT2D eigenvalue weighted by atomic mass is 28.4. The Kier molecular flexibility index (Phi) is 21.7. The van der Waals surface area contributed by atoms with Crippen molar-refractivity contribution in [1.29, 1.82) is 0 Å². The van der Waals surface area contributed by atoms with Gasteiger partial charge < -0.3 is 32.9 Å². The van der Waals surface area contributed by atoms with Gasteiger partial charge in [-0.05, 0) is 109 Å². The zero-order valence-electron chi connectivity index (χ0n) is 42.2. The van der Waals surface area contributed by atoms with Gasteiger partial charge in [-0.15, -0.1) is 12.3 Å². The van der Waals surface area contributed by atoms with Crippen LogP contribution in [-0.4, -0.2) is 84.5 Å². The van der Waals surface area contributed by atoms with Gasteiger partial charge in [0.15, 0.2) is 5.79 Å². The zero-order chi connectivity index (χ0) is 45.4. The van der Waals surface area contributed by atoms with Crippen LogP contribution < -0.4 is 0 Å². The van der Waals surface area contributed by atoms with Gasteiger partial charge in [0.05, 0.1) is 36.6 Å². The summed E-state index contributed by atoms with van der Waals surface area (Å²) in [6.07, 6.45) is 12.6. The van der Waals surface area contributed by atoms with Gasteiger partial charge in [-0.25, -0.2) is 0 Å². The smallest absolute Gasteiger partial charge is 0.201 e. The summed E-state index contributed by atoms with van der Waals surface area (Å²) >= 11 is 0. The lowest BCUT2D eigenvalue weighted by atomic mass is 9.78. The van der Waals surface area contributed by atoms with Gasteiger partial charge in [-0.2, -0.15) is 0 Å². The SMILES string of the molecule is C#C[C@@H](C)C[C@@H](C)[C@@H](O)[C@H](OC)[C@H](O[Si](C(C)C)(C(C)C)C(C)C)/C(C)=C/[C@@H](C)[C@H]1C[C@@H]([C@H](C)C[C@@H]2CC[C@@H](O[Si](C(C)C)(C(C)C)C(C)C)[C@H](OC)C2)OC(C)(C)O1. The Bertz CT molecular complexity index is 1260. The quantitative estimate of drug-likeness (QED) is 0.0623. The largest absolute Gasteiger partial charge is 0.411 e. The van der Waals surface area contributed by atoms with Crippen molar-refractivity contribution >= 4 is 16.6 Å². The monoisotopic (exact) mass is 865 g/mol. The van der Waals surface area contributed by atoms with Gasteiger partial charge in [0.2, 0.25) is 16.6 Å². The van der Waals surface area contributed by atoms with Gasteiger partial charge in [-0.3, -0.25) is 0 Å². The summed E-state index contributed by atoms with van der Waals surface area (Å²) in [5, 5.41) is 12.0. The van der Waals surface area contributed by atoms with E-state index >= 15 is 0 Å². The van der Waals surface area contributed by atoms with E-state index in [1.165, 1.54) is 0 Å². The van der Waals surface area contributed by atoms with E-state index in [1.807, 2.05) is 14.0 Å². The van der Waals surface area contributed by atoms with Crippen LogP contribution in [0.15, 0.2) is 11.6 Å². The number of rotatable bonds is 23. The molecule has 1 aliphatic heterocycles. The normalized spacial score (nSPS) is 27.3. The van der Waals surface area contributed by atoms with Crippen molar-refractivity contribution in [2.75, 3.05) is 14.2 Å². The topological polar surface area (TPSA) is 75.6 Å². The molecular weight excluding hydrogens is 769 g/mol. The minimum Gasteiger partial charge on any atom is -0.411 e. The van der Waals surface area contributed by atoms with Crippen LogP contribution in [0.1, 0.15) is 170 Å². The molecule has 0 aromatic carbocycles. The molecule has 59 heavy (non-hydrogen) atoms. The Morgan fingerprint density at radius 3 is 1.73 bits per heavy atom. The molecule has 346 valence electrons. The summed E-state index contributed by atoms with van der Waals surface area (Å²) in [5.41, 5.74) is 3.88. The zero-order valence-corrected chi connectivity index (χ0v) is 44.2. The average molecular weight is 865 g/mol. The van der Waals surface area contributed by atoms with E-state index in [2.05, 4.69) is 137 Å². The number of hydrogen-bond donors (Lipinski definition) is 1. The molecular formula is C50H96O7Si2. The van der Waals surface area contributed by atoms with Crippen molar-refractivity contribution in [1.82, 2.24) is 0 Å². The third kappa shape index (κ3) is 13.5. The van der Waals surface area contributed by atoms with Crippen LogP contribution in [0.3, 0.4) is 0 Å². The predicted molar refractivity (Wildman–Crippen MR) is 254 cm³/mol. The van der Waals surface area contributed by atoms with Crippen LogP contribution in [0, 0.1) is 41.9 Å². The molecule has 1 aliphatic carbocycles. The van der Waals surface area contributed by atoms with E-state index in [0.717, 1.165) is 37.7 Å². The fraction of sp³-hybridized carbons (Fsp3) is 0.920. The molecule has 0 amide bonds. The third-order valence-corrected chi connectivity index (χ3v) is 27.2. The summed E-state index contributed by atoms with van der Waals surface area (Å²) < 4.78 is 40.9. The average Bonchev–Trinajstić information content (AvgIpc) is 3.13. The van der Waals surface area contributed by atoms with Crippen molar-refractivity contribution in [2.45, 2.75) is 252 Å². The standard InChI is InChI=1S/C50H96O7Si2/c1-23-37(14)26-40(17)47(51)49(53-22)48(57-59(34(8)9,35(10)11)36(12)13)41(18)27-38(15)44-30-45(55-50(19,20)54-44)39(16)28-42-24-25-43(46(29-42)52-21)56-58(31(2)3,32(4)5)33(6)7/h1,27,31-40,42-49,51H,24-26,28-30H2,2-22H3/b41-27+/t37-,38-,39-,40-,42+,43-,44-,45+,46-,47-,48-,49+/m1/s1. The number of methoxy groups -OCH3 is 2. The minimum atomic E-state index is -2.38. The summed E-state index contributed by atoms with van der Waals surface area (Å²) in [6.45, 7) is 43.2. The van der Waals surface area contributed by atoms with E-state index in [-0.39, 0.29) is 42.2 Å². The number of aliphatic hydroxyl groups is 1. The van der Waals surface area contributed by atoms with Gasteiger partial charge in [0.25, 0.3) is 0 Å². The first kappa shape index (κ1) is 54.6. The highest BCUT2D eigenvalue weighted by Crippen LogP contribution is 2.47. The number of hydrogen-bond acceptors (Lipinski definition) is 7. The fourth-order valence-corrected chi connectivity index (χ4v) is 23.3. The lowest BCUT2D eigenvalue weighted by Crippen LogP contribution is -2.55. The van der Waals surface area contributed by atoms with Crippen molar-refractivity contribution < 1.29 is 32.9 Å². The Morgan fingerprint density at radius 1 is 0.763 bits per heavy atom. The lowest BCUT2D eigenvalue weighted by molar-refractivity contribution is -0.313. The van der Waals surface area contributed by atoms with Gasteiger partial charge >= 0.3 is 0 Å². The fourth-order valence-electron chi connectivity index (χ4n) is 12.1. The number of ether oxygens (including phenoxy) is 4. The molecule has 0 aromatic heterocycles. The molecule has 0 radical (unpaired) electrons. The maximum absolute atomic E-state index is 12.0. The molecule has 2 rings (SSSR count). The second-order valence-corrected chi connectivity index (χ2v) is 32.5. The van der Waals surface area contributed by atoms with Crippen molar-refractivity contribution in [3.63, 3.8) is 0 Å². The van der Waals surface area contributed by atoms with E-state index in [4.69, 9.17) is 34.2 Å². The molecule has 0 aromatic rings. The molecule has 0 bridgehead atoms. The van der Waals surface area contributed by atoms with E-state index in [9.17, 15) is 5.11 Å². The van der Waals surface area contributed by atoms with Crippen LogP contribution in [0.5, 0.6) is 0 Å². The second-order valence-electron chi connectivity index (χ2n) is 21.7. The van der Waals surface area contributed by atoms with Crippen LogP contribution in [0.2, 0.25) is 33.2 Å². The second kappa shape index (κ2) is 23.4. The van der Waals surface area contributed by atoms with E-state index < -0.39 is 40.7 Å². The molecule has 1 saturated heterocycles.